The number of Topliss-reactive ketones (excluding diaryl/α,β-unsaturated/α-hetero) is 1. The molecule has 2 aliphatic rings. The number of rotatable bonds is 3. The average Bonchev–Trinajstić information content (AvgIpc) is 2.65. The Labute approximate surface area is 117 Å². The third-order valence-electron chi connectivity index (χ3n) is 4.48. The number of piperidine rings is 1. The van der Waals surface area contributed by atoms with Gasteiger partial charge >= 0.3 is 0 Å². The summed E-state index contributed by atoms with van der Waals surface area (Å²) in [7, 11) is 0. The van der Waals surface area contributed by atoms with Crippen molar-refractivity contribution in [1.82, 2.24) is 4.90 Å². The van der Waals surface area contributed by atoms with Gasteiger partial charge in [-0.3, -0.25) is 9.69 Å². The van der Waals surface area contributed by atoms with Gasteiger partial charge in [0.15, 0.2) is 17.3 Å². The highest BCUT2D eigenvalue weighted by Crippen LogP contribution is 2.35. The van der Waals surface area contributed by atoms with E-state index in [1.54, 1.807) is 0 Å². The molecule has 3 N–H and O–H groups in total. The van der Waals surface area contributed by atoms with Crippen LogP contribution in [0.3, 0.4) is 0 Å². The van der Waals surface area contributed by atoms with Crippen LogP contribution in [0.25, 0.3) is 0 Å². The zero-order valence-electron chi connectivity index (χ0n) is 11.2. The summed E-state index contributed by atoms with van der Waals surface area (Å²) >= 11 is 0. The minimum Gasteiger partial charge on any atom is -0.504 e. The molecule has 2 aliphatic heterocycles. The number of hydrogen-bond acceptors (Lipinski definition) is 5. The number of carbonyl (C=O) groups excluding carboxylic acids is 1. The van der Waals surface area contributed by atoms with Gasteiger partial charge in [-0.15, -0.1) is 0 Å². The van der Waals surface area contributed by atoms with E-state index in [1.807, 2.05) is 0 Å². The summed E-state index contributed by atoms with van der Waals surface area (Å²) in [5, 5.41) is 28.5. The highest BCUT2D eigenvalue weighted by molar-refractivity contribution is 5.98. The summed E-state index contributed by atoms with van der Waals surface area (Å²) in [6.07, 6.45) is 3.32. The van der Waals surface area contributed by atoms with E-state index in [0.717, 1.165) is 25.7 Å². The van der Waals surface area contributed by atoms with E-state index >= 15 is 0 Å². The first-order valence-corrected chi connectivity index (χ1v) is 7.03. The first-order valence-electron chi connectivity index (χ1n) is 7.03. The summed E-state index contributed by atoms with van der Waals surface area (Å²) in [6.45, 7) is 0.312. The SMILES string of the molecule is O=C(CN1C2CCC1CC(O)C2)c1ccc(O)c(O)c1. The number of aromatic hydroxyl groups is 2. The summed E-state index contributed by atoms with van der Waals surface area (Å²) in [4.78, 5) is 14.5. The normalized spacial score (nSPS) is 29.6. The molecule has 2 unspecified atom stereocenters. The summed E-state index contributed by atoms with van der Waals surface area (Å²) in [6, 6.07) is 4.74. The Kier molecular flexibility index (Phi) is 3.40. The number of aliphatic hydroxyl groups excluding tert-OH is 1. The maximum absolute atomic E-state index is 12.3. The second-order valence-electron chi connectivity index (χ2n) is 5.81. The molecule has 0 aliphatic carbocycles. The molecule has 2 fully saturated rings. The topological polar surface area (TPSA) is 81.0 Å². The zero-order chi connectivity index (χ0) is 14.3. The first kappa shape index (κ1) is 13.4. The quantitative estimate of drug-likeness (QED) is 0.572. The molecule has 0 amide bonds. The maximum atomic E-state index is 12.3. The highest BCUT2D eigenvalue weighted by Gasteiger charge is 2.40. The van der Waals surface area contributed by atoms with E-state index in [1.165, 1.54) is 18.2 Å². The second-order valence-corrected chi connectivity index (χ2v) is 5.81. The molecule has 0 aromatic heterocycles. The number of aliphatic hydroxyl groups is 1. The lowest BCUT2D eigenvalue weighted by molar-refractivity contribution is 0.0344. The van der Waals surface area contributed by atoms with E-state index < -0.39 is 0 Å². The molecule has 5 heteroatoms. The molecule has 0 radical (unpaired) electrons. The molecule has 0 spiro atoms. The lowest BCUT2D eigenvalue weighted by atomic mass is 9.99. The molecule has 2 saturated heterocycles. The molecule has 2 atom stereocenters. The maximum Gasteiger partial charge on any atom is 0.176 e. The minimum absolute atomic E-state index is 0.0615. The van der Waals surface area contributed by atoms with E-state index in [0.29, 0.717) is 24.2 Å². The van der Waals surface area contributed by atoms with Crippen molar-refractivity contribution in [2.45, 2.75) is 43.9 Å². The fourth-order valence-electron chi connectivity index (χ4n) is 3.46. The van der Waals surface area contributed by atoms with E-state index in [2.05, 4.69) is 4.90 Å². The monoisotopic (exact) mass is 277 g/mol. The standard InChI is InChI=1S/C15H19NO4/c17-12-6-10-2-3-11(7-12)16(10)8-15(20)9-1-4-13(18)14(19)5-9/h1,4-5,10-12,17-19H,2-3,6-8H2. The van der Waals surface area contributed by atoms with Crippen molar-refractivity contribution < 1.29 is 20.1 Å². The zero-order valence-corrected chi connectivity index (χ0v) is 11.2. The number of carbonyl (C=O) groups is 1. The van der Waals surface area contributed by atoms with E-state index in [-0.39, 0.29) is 23.4 Å². The Morgan fingerprint density at radius 1 is 1.15 bits per heavy atom. The van der Waals surface area contributed by atoms with Crippen LogP contribution < -0.4 is 0 Å². The van der Waals surface area contributed by atoms with Crippen LogP contribution in [0.15, 0.2) is 18.2 Å². The van der Waals surface area contributed by atoms with Gasteiger partial charge in [0.25, 0.3) is 0 Å². The largest absolute Gasteiger partial charge is 0.504 e. The van der Waals surface area contributed by atoms with Crippen LogP contribution in [0.4, 0.5) is 0 Å². The molecule has 1 aromatic carbocycles. The van der Waals surface area contributed by atoms with Crippen LogP contribution in [0.1, 0.15) is 36.0 Å². The first-order chi connectivity index (χ1) is 9.54. The molecule has 2 heterocycles. The van der Waals surface area contributed by atoms with Gasteiger partial charge in [-0.05, 0) is 43.9 Å². The Morgan fingerprint density at radius 2 is 1.80 bits per heavy atom. The molecule has 2 bridgehead atoms. The molecule has 108 valence electrons. The number of ketones is 1. The van der Waals surface area contributed by atoms with Crippen LogP contribution in [0.5, 0.6) is 11.5 Å². The number of phenolic OH excluding ortho intramolecular Hbond substituents is 2. The van der Waals surface area contributed by atoms with Gasteiger partial charge in [0.2, 0.25) is 0 Å². The lowest BCUT2D eigenvalue weighted by Gasteiger charge is -2.36. The van der Waals surface area contributed by atoms with Crippen LogP contribution in [-0.2, 0) is 0 Å². The van der Waals surface area contributed by atoms with Gasteiger partial charge in [-0.25, -0.2) is 0 Å². The number of phenols is 2. The van der Waals surface area contributed by atoms with Gasteiger partial charge in [0.05, 0.1) is 12.6 Å². The molecule has 20 heavy (non-hydrogen) atoms. The van der Waals surface area contributed by atoms with Crippen LogP contribution in [-0.4, -0.2) is 50.7 Å². The minimum atomic E-state index is -0.270. The Morgan fingerprint density at radius 3 is 2.40 bits per heavy atom. The van der Waals surface area contributed by atoms with Crippen LogP contribution >= 0.6 is 0 Å². The Bertz CT molecular complexity index is 517. The third-order valence-corrected chi connectivity index (χ3v) is 4.48. The van der Waals surface area contributed by atoms with Crippen molar-refractivity contribution in [3.8, 4) is 11.5 Å². The molecule has 0 saturated carbocycles. The predicted octanol–water partition coefficient (Wildman–Crippen LogP) is 1.27. The van der Waals surface area contributed by atoms with E-state index in [9.17, 15) is 20.1 Å². The number of benzene rings is 1. The molecule has 3 rings (SSSR count). The van der Waals surface area contributed by atoms with Crippen molar-refractivity contribution in [3.63, 3.8) is 0 Å². The number of fused-ring (bicyclic) bond motifs is 2. The molecule has 1 aromatic rings. The van der Waals surface area contributed by atoms with Crippen molar-refractivity contribution in [3.05, 3.63) is 23.8 Å². The van der Waals surface area contributed by atoms with Gasteiger partial charge in [0, 0.05) is 17.6 Å². The van der Waals surface area contributed by atoms with Crippen molar-refractivity contribution >= 4 is 5.78 Å². The molecular formula is C15H19NO4. The van der Waals surface area contributed by atoms with Crippen molar-refractivity contribution in [1.29, 1.82) is 0 Å². The lowest BCUT2D eigenvalue weighted by Crippen LogP contribution is -2.46. The third kappa shape index (κ3) is 2.39. The summed E-state index contributed by atoms with van der Waals surface area (Å²) < 4.78 is 0. The van der Waals surface area contributed by atoms with Crippen molar-refractivity contribution in [2.24, 2.45) is 0 Å². The van der Waals surface area contributed by atoms with Gasteiger partial charge < -0.3 is 15.3 Å². The van der Waals surface area contributed by atoms with Crippen LogP contribution in [0, 0.1) is 0 Å². The second kappa shape index (κ2) is 5.07. The fraction of sp³-hybridized carbons (Fsp3) is 0.533. The van der Waals surface area contributed by atoms with Crippen LogP contribution in [0.2, 0.25) is 0 Å². The summed E-state index contributed by atoms with van der Waals surface area (Å²) in [5.41, 5.74) is 0.408. The Balaban J connectivity index is 1.72. The van der Waals surface area contributed by atoms with Gasteiger partial charge in [-0.1, -0.05) is 0 Å². The smallest absolute Gasteiger partial charge is 0.176 e. The highest BCUT2D eigenvalue weighted by atomic mass is 16.3. The summed E-state index contributed by atoms with van der Waals surface area (Å²) in [5.74, 6) is -0.552. The van der Waals surface area contributed by atoms with E-state index in [4.69, 9.17) is 0 Å². The predicted molar refractivity (Wildman–Crippen MR) is 72.9 cm³/mol. The van der Waals surface area contributed by atoms with Gasteiger partial charge in [-0.2, -0.15) is 0 Å². The average molecular weight is 277 g/mol. The molecular weight excluding hydrogens is 258 g/mol. The number of nitrogens with zero attached hydrogens (tertiary/aromatic N) is 1. The van der Waals surface area contributed by atoms with Gasteiger partial charge in [0.1, 0.15) is 0 Å². The number of hydrogen-bond donors (Lipinski definition) is 3. The van der Waals surface area contributed by atoms with Crippen molar-refractivity contribution in [2.75, 3.05) is 6.54 Å². The molecule has 5 nitrogen and oxygen atoms in total. The fourth-order valence-corrected chi connectivity index (χ4v) is 3.46. The Hall–Kier alpha value is -1.59.